The number of halogens is 2. The molecule has 0 atom stereocenters. The van der Waals surface area contributed by atoms with Gasteiger partial charge in [0.1, 0.15) is 10.7 Å². The summed E-state index contributed by atoms with van der Waals surface area (Å²) in [5.74, 6) is -0.858. The van der Waals surface area contributed by atoms with Gasteiger partial charge in [0.2, 0.25) is 0 Å². The van der Waals surface area contributed by atoms with E-state index >= 15 is 0 Å². The highest BCUT2D eigenvalue weighted by Crippen LogP contribution is 2.25. The smallest absolute Gasteiger partial charge is 0.265 e. The number of para-hydroxylation sites is 1. The molecule has 1 aromatic heterocycles. The highest BCUT2D eigenvalue weighted by atomic mass is 35.5. The lowest BCUT2D eigenvalue weighted by Gasteiger charge is -2.10. The summed E-state index contributed by atoms with van der Waals surface area (Å²) in [4.78, 5) is 3.42. The average molecular weight is 302 g/mol. The van der Waals surface area contributed by atoms with Gasteiger partial charge in [0, 0.05) is 6.20 Å². The maximum Gasteiger partial charge on any atom is 0.265 e. The quantitative estimate of drug-likeness (QED) is 0.852. The van der Waals surface area contributed by atoms with Crippen molar-refractivity contribution in [1.29, 1.82) is 0 Å². The summed E-state index contributed by atoms with van der Waals surface area (Å²) >= 11 is 5.79. The first-order valence-electron chi connectivity index (χ1n) is 5.09. The van der Waals surface area contributed by atoms with Crippen molar-refractivity contribution in [2.75, 3.05) is 10.5 Å². The topological polar surface area (TPSA) is 85.1 Å². The molecule has 0 amide bonds. The van der Waals surface area contributed by atoms with Crippen molar-refractivity contribution in [3.05, 3.63) is 47.4 Å². The number of pyridine rings is 1. The number of aromatic nitrogens is 1. The summed E-state index contributed by atoms with van der Waals surface area (Å²) in [7, 11) is -4.05. The Bertz CT molecular complexity index is 722. The molecule has 0 unspecified atom stereocenters. The average Bonchev–Trinajstić information content (AvgIpc) is 2.35. The first-order valence-corrected chi connectivity index (χ1v) is 6.95. The maximum atomic E-state index is 13.3. The van der Waals surface area contributed by atoms with Crippen LogP contribution in [0.3, 0.4) is 0 Å². The molecule has 5 nitrogen and oxygen atoms in total. The maximum absolute atomic E-state index is 13.3. The van der Waals surface area contributed by atoms with E-state index in [9.17, 15) is 12.8 Å². The molecule has 1 aromatic carbocycles. The Morgan fingerprint density at radius 2 is 2.00 bits per heavy atom. The largest absolute Gasteiger partial charge is 0.395 e. The van der Waals surface area contributed by atoms with Crippen LogP contribution in [-0.2, 0) is 10.0 Å². The zero-order valence-electron chi connectivity index (χ0n) is 9.47. The van der Waals surface area contributed by atoms with Gasteiger partial charge in [-0.25, -0.2) is 17.8 Å². The predicted molar refractivity (Wildman–Crippen MR) is 70.9 cm³/mol. The minimum atomic E-state index is -4.05. The van der Waals surface area contributed by atoms with Gasteiger partial charge in [-0.15, -0.1) is 0 Å². The fourth-order valence-corrected chi connectivity index (χ4v) is 2.79. The molecule has 3 N–H and O–H groups in total. The van der Waals surface area contributed by atoms with Crippen molar-refractivity contribution in [1.82, 2.24) is 4.98 Å². The minimum absolute atomic E-state index is 0.0483. The zero-order chi connectivity index (χ0) is 14.0. The van der Waals surface area contributed by atoms with E-state index in [0.29, 0.717) is 0 Å². The predicted octanol–water partition coefficient (Wildman–Crippen LogP) is 2.26. The molecule has 1 heterocycles. The second-order valence-electron chi connectivity index (χ2n) is 3.59. The third-order valence-corrected chi connectivity index (χ3v) is 3.99. The molecule has 0 bridgehead atoms. The van der Waals surface area contributed by atoms with E-state index in [0.717, 1.165) is 6.07 Å². The third-order valence-electron chi connectivity index (χ3n) is 2.29. The summed E-state index contributed by atoms with van der Waals surface area (Å²) < 4.78 is 39.6. The molecule has 0 aliphatic rings. The number of hydrogen-bond acceptors (Lipinski definition) is 4. The fourth-order valence-electron chi connectivity index (χ4n) is 1.39. The number of nitrogens with zero attached hydrogens (tertiary/aromatic N) is 1. The standard InChI is InChI=1S/C11H9ClFN3O2S/c12-7-3-2-6-15-11(7)16-19(17,18)9-5-1-4-8(13)10(9)14/h1-6H,14H2,(H,15,16). The van der Waals surface area contributed by atoms with Gasteiger partial charge in [-0.1, -0.05) is 17.7 Å². The second kappa shape index (κ2) is 5.02. The fraction of sp³-hybridized carbons (Fsp3) is 0. The first kappa shape index (κ1) is 13.6. The number of nitrogens with one attached hydrogen (secondary N) is 1. The molecule has 2 aromatic rings. The van der Waals surface area contributed by atoms with Crippen molar-refractivity contribution >= 4 is 33.1 Å². The van der Waals surface area contributed by atoms with Gasteiger partial charge in [-0.05, 0) is 24.3 Å². The van der Waals surface area contributed by atoms with Crippen LogP contribution in [0.25, 0.3) is 0 Å². The van der Waals surface area contributed by atoms with Crippen LogP contribution in [0, 0.1) is 5.82 Å². The van der Waals surface area contributed by atoms with Gasteiger partial charge < -0.3 is 5.73 Å². The first-order chi connectivity index (χ1) is 8.92. The summed E-state index contributed by atoms with van der Waals surface area (Å²) in [5, 5.41) is 0.126. The van der Waals surface area contributed by atoms with Gasteiger partial charge in [0.25, 0.3) is 10.0 Å². The zero-order valence-corrected chi connectivity index (χ0v) is 11.0. The van der Waals surface area contributed by atoms with Crippen molar-refractivity contribution in [2.24, 2.45) is 0 Å². The second-order valence-corrected chi connectivity index (χ2v) is 5.65. The van der Waals surface area contributed by atoms with Crippen LogP contribution in [0.15, 0.2) is 41.4 Å². The molecular formula is C11H9ClFN3O2S. The van der Waals surface area contributed by atoms with Crippen molar-refractivity contribution in [2.45, 2.75) is 4.90 Å². The van der Waals surface area contributed by atoms with E-state index in [1.807, 2.05) is 0 Å². The normalized spacial score (nSPS) is 11.3. The van der Waals surface area contributed by atoms with Gasteiger partial charge in [0.15, 0.2) is 5.82 Å². The van der Waals surface area contributed by atoms with E-state index < -0.39 is 21.5 Å². The van der Waals surface area contributed by atoms with Crippen molar-refractivity contribution in [3.8, 4) is 0 Å². The van der Waals surface area contributed by atoms with E-state index in [1.165, 1.54) is 24.4 Å². The number of nitrogens with two attached hydrogens (primary N) is 1. The summed E-state index contributed by atoms with van der Waals surface area (Å²) in [6.07, 6.45) is 1.37. The highest BCUT2D eigenvalue weighted by molar-refractivity contribution is 7.92. The van der Waals surface area contributed by atoms with Gasteiger partial charge in [-0.3, -0.25) is 4.72 Å². The lowest BCUT2D eigenvalue weighted by atomic mass is 10.3. The molecule has 19 heavy (non-hydrogen) atoms. The Hall–Kier alpha value is -1.86. The molecule has 8 heteroatoms. The monoisotopic (exact) mass is 301 g/mol. The number of nitrogen functional groups attached to an aromatic ring is 1. The van der Waals surface area contributed by atoms with E-state index in [4.69, 9.17) is 17.3 Å². The van der Waals surface area contributed by atoms with Crippen LogP contribution in [0.2, 0.25) is 5.02 Å². The van der Waals surface area contributed by atoms with E-state index in [2.05, 4.69) is 9.71 Å². The Labute approximate surface area is 114 Å². The van der Waals surface area contributed by atoms with Crippen molar-refractivity contribution in [3.63, 3.8) is 0 Å². The van der Waals surface area contributed by atoms with E-state index in [1.54, 1.807) is 6.07 Å². The Kier molecular flexibility index (Phi) is 3.59. The summed E-state index contributed by atoms with van der Waals surface area (Å²) in [6.45, 7) is 0. The molecule has 0 aliphatic heterocycles. The molecule has 2 rings (SSSR count). The molecule has 100 valence electrons. The number of rotatable bonds is 3. The number of anilines is 2. The number of sulfonamides is 1. The molecule has 0 saturated heterocycles. The van der Waals surface area contributed by atoms with Gasteiger partial charge >= 0.3 is 0 Å². The third kappa shape index (κ3) is 2.77. The molecule has 0 aliphatic carbocycles. The Balaban J connectivity index is 2.44. The summed E-state index contributed by atoms with van der Waals surface area (Å²) in [5.41, 5.74) is 4.96. The van der Waals surface area contributed by atoms with Crippen LogP contribution in [-0.4, -0.2) is 13.4 Å². The van der Waals surface area contributed by atoms with Crippen LogP contribution >= 0.6 is 11.6 Å². The van der Waals surface area contributed by atoms with Gasteiger partial charge in [-0.2, -0.15) is 0 Å². The number of hydrogen-bond donors (Lipinski definition) is 2. The molecule has 0 radical (unpaired) electrons. The van der Waals surface area contributed by atoms with E-state index in [-0.39, 0.29) is 15.7 Å². The van der Waals surface area contributed by atoms with Crippen LogP contribution in [0.1, 0.15) is 0 Å². The molecule has 0 saturated carbocycles. The van der Waals surface area contributed by atoms with Crippen LogP contribution < -0.4 is 10.5 Å². The van der Waals surface area contributed by atoms with Gasteiger partial charge in [0.05, 0.1) is 10.7 Å². The lowest BCUT2D eigenvalue weighted by molar-refractivity contribution is 0.597. The number of benzene rings is 1. The van der Waals surface area contributed by atoms with Crippen molar-refractivity contribution < 1.29 is 12.8 Å². The lowest BCUT2D eigenvalue weighted by Crippen LogP contribution is -2.16. The van der Waals surface area contributed by atoms with Crippen LogP contribution in [0.4, 0.5) is 15.9 Å². The molecule has 0 fully saturated rings. The molecular weight excluding hydrogens is 293 g/mol. The SMILES string of the molecule is Nc1c(F)cccc1S(=O)(=O)Nc1ncccc1Cl. The van der Waals surface area contributed by atoms with Crippen LogP contribution in [0.5, 0.6) is 0 Å². The Morgan fingerprint density at radius 3 is 2.68 bits per heavy atom. The summed E-state index contributed by atoms with van der Waals surface area (Å²) in [6, 6.07) is 6.54. The minimum Gasteiger partial charge on any atom is -0.395 e. The Morgan fingerprint density at radius 1 is 1.26 bits per heavy atom. The molecule has 0 spiro atoms. The highest BCUT2D eigenvalue weighted by Gasteiger charge is 2.20.